The van der Waals surface area contributed by atoms with Crippen molar-refractivity contribution in [2.75, 3.05) is 4.72 Å². The quantitative estimate of drug-likeness (QED) is 0.396. The standard InChI is InChI=1S/C16H15Cl2FINO2S/c1-2-3-5-10-12(19)6-4-7-14(10)24(22,23)21-13-9-8-11(17)15(18)16(13)20/h4,6-9,21H,2-3,5H2,1H3. The van der Waals surface area contributed by atoms with E-state index in [1.165, 1.54) is 30.3 Å². The van der Waals surface area contributed by atoms with Gasteiger partial charge in [0.1, 0.15) is 5.82 Å². The largest absolute Gasteiger partial charge is 0.278 e. The summed E-state index contributed by atoms with van der Waals surface area (Å²) in [6.07, 6.45) is 1.90. The van der Waals surface area contributed by atoms with Crippen molar-refractivity contribution in [3.8, 4) is 0 Å². The molecule has 0 radical (unpaired) electrons. The Balaban J connectivity index is 2.45. The molecule has 0 saturated carbocycles. The molecule has 0 atom stereocenters. The van der Waals surface area contributed by atoms with Gasteiger partial charge in [0.2, 0.25) is 0 Å². The molecule has 2 aromatic carbocycles. The number of nitrogens with one attached hydrogen (secondary N) is 1. The fourth-order valence-corrected chi connectivity index (χ4v) is 4.81. The third kappa shape index (κ3) is 4.33. The minimum Gasteiger partial charge on any atom is -0.278 e. The molecule has 2 rings (SSSR count). The Morgan fingerprint density at radius 3 is 2.58 bits per heavy atom. The third-order valence-electron chi connectivity index (χ3n) is 3.43. The minimum atomic E-state index is -3.95. The molecular formula is C16H15Cl2FINO2S. The highest BCUT2D eigenvalue weighted by atomic mass is 127. The summed E-state index contributed by atoms with van der Waals surface area (Å²) in [4.78, 5) is -0.0576. The summed E-state index contributed by atoms with van der Waals surface area (Å²) < 4.78 is 42.5. The Morgan fingerprint density at radius 1 is 1.21 bits per heavy atom. The molecule has 0 bridgehead atoms. The Kier molecular flexibility index (Phi) is 6.75. The summed E-state index contributed by atoms with van der Waals surface area (Å²) in [6.45, 7) is 1.96. The van der Waals surface area contributed by atoms with Crippen molar-refractivity contribution in [2.45, 2.75) is 31.1 Å². The zero-order chi connectivity index (χ0) is 17.9. The van der Waals surface area contributed by atoms with Gasteiger partial charge < -0.3 is 0 Å². The highest BCUT2D eigenvalue weighted by Gasteiger charge is 2.22. The van der Waals surface area contributed by atoms with Gasteiger partial charge in [0, 0.05) is 5.56 Å². The molecule has 0 aromatic heterocycles. The molecule has 0 spiro atoms. The molecule has 0 saturated heterocycles. The first-order valence-electron chi connectivity index (χ1n) is 7.21. The van der Waals surface area contributed by atoms with Crippen LogP contribution in [0.5, 0.6) is 0 Å². The number of halogens is 4. The maximum absolute atomic E-state index is 14.1. The van der Waals surface area contributed by atoms with Gasteiger partial charge in [-0.3, -0.25) is 4.72 Å². The molecule has 0 amide bonds. The van der Waals surface area contributed by atoms with Crippen molar-refractivity contribution in [3.63, 3.8) is 0 Å². The Labute approximate surface area is 164 Å². The van der Waals surface area contributed by atoms with Gasteiger partial charge in [-0.1, -0.05) is 42.6 Å². The van der Waals surface area contributed by atoms with Crippen LogP contribution in [0.4, 0.5) is 10.1 Å². The Morgan fingerprint density at radius 2 is 1.92 bits per heavy atom. The molecule has 0 fully saturated rings. The van der Waals surface area contributed by atoms with E-state index in [0.29, 0.717) is 27.1 Å². The van der Waals surface area contributed by atoms with Crippen molar-refractivity contribution >= 4 is 61.5 Å². The molecule has 3 nitrogen and oxygen atoms in total. The van der Waals surface area contributed by atoms with Gasteiger partial charge in [0.05, 0.1) is 24.2 Å². The lowest BCUT2D eigenvalue weighted by molar-refractivity contribution is 0.580. The molecule has 1 N–H and O–H groups in total. The fourth-order valence-electron chi connectivity index (χ4n) is 2.19. The molecule has 0 unspecified atom stereocenters. The molecule has 8 heteroatoms. The van der Waals surface area contributed by atoms with E-state index < -0.39 is 15.8 Å². The molecule has 0 heterocycles. The summed E-state index contributed by atoms with van der Waals surface area (Å²) in [6, 6.07) is 7.10. The van der Waals surface area contributed by atoms with E-state index in [4.69, 9.17) is 23.2 Å². The van der Waals surface area contributed by atoms with Gasteiger partial charge in [-0.25, -0.2) is 12.8 Å². The van der Waals surface area contributed by atoms with Gasteiger partial charge in [-0.05, 0) is 59.7 Å². The van der Waals surface area contributed by atoms with Gasteiger partial charge in [-0.2, -0.15) is 0 Å². The van der Waals surface area contributed by atoms with Crippen molar-refractivity contribution in [2.24, 2.45) is 0 Å². The first-order chi connectivity index (χ1) is 11.3. The second kappa shape index (κ2) is 8.21. The van der Waals surface area contributed by atoms with Crippen LogP contribution in [0.15, 0.2) is 35.2 Å². The van der Waals surface area contributed by atoms with Crippen LogP contribution in [0, 0.1) is 9.39 Å². The van der Waals surface area contributed by atoms with Crippen LogP contribution in [0.1, 0.15) is 25.3 Å². The summed E-state index contributed by atoms with van der Waals surface area (Å²) in [5, 5.41) is 0.598. The number of rotatable bonds is 6. The minimum absolute atomic E-state index is 0.0576. The molecular weight excluding hydrogens is 487 g/mol. The maximum Gasteiger partial charge on any atom is 0.262 e. The van der Waals surface area contributed by atoms with Gasteiger partial charge in [0.15, 0.2) is 0 Å². The summed E-state index contributed by atoms with van der Waals surface area (Å²) in [5.41, 5.74) is 0.498. The van der Waals surface area contributed by atoms with E-state index in [-0.39, 0.29) is 15.5 Å². The second-order valence-electron chi connectivity index (χ2n) is 5.15. The van der Waals surface area contributed by atoms with Crippen LogP contribution in [0.2, 0.25) is 10.0 Å². The lowest BCUT2D eigenvalue weighted by atomic mass is 10.1. The number of sulfonamides is 1. The van der Waals surface area contributed by atoms with E-state index in [9.17, 15) is 12.8 Å². The monoisotopic (exact) mass is 501 g/mol. The van der Waals surface area contributed by atoms with E-state index >= 15 is 0 Å². The molecule has 0 aliphatic rings. The Hall–Kier alpha value is -0.570. The number of unbranched alkanes of at least 4 members (excludes halogenated alkanes) is 1. The van der Waals surface area contributed by atoms with Crippen LogP contribution < -0.4 is 4.72 Å². The lowest BCUT2D eigenvalue weighted by Gasteiger charge is -2.14. The van der Waals surface area contributed by atoms with E-state index in [2.05, 4.69) is 4.72 Å². The van der Waals surface area contributed by atoms with Crippen molar-refractivity contribution < 1.29 is 12.8 Å². The summed E-state index contributed by atoms with van der Waals surface area (Å²) in [7, 11) is -3.95. The van der Waals surface area contributed by atoms with Crippen molar-refractivity contribution in [1.82, 2.24) is 0 Å². The Bertz CT molecular complexity index is 859. The fraction of sp³-hybridized carbons (Fsp3) is 0.250. The first-order valence-corrected chi connectivity index (χ1v) is 10.5. The van der Waals surface area contributed by atoms with E-state index in [0.717, 1.165) is 6.42 Å². The molecule has 2 aromatic rings. The van der Waals surface area contributed by atoms with Crippen LogP contribution in [0.3, 0.4) is 0 Å². The SMILES string of the molecule is CCCCc1c(F)cccc1S(=O)(=O)Nc1ccc(Cl)c(Cl)c1I. The van der Waals surface area contributed by atoms with E-state index in [1.807, 2.05) is 29.5 Å². The van der Waals surface area contributed by atoms with Crippen molar-refractivity contribution in [1.29, 1.82) is 0 Å². The normalized spacial score (nSPS) is 11.5. The van der Waals surface area contributed by atoms with Crippen LogP contribution >= 0.6 is 45.8 Å². The maximum atomic E-state index is 14.1. The van der Waals surface area contributed by atoms with Gasteiger partial charge in [0.25, 0.3) is 10.0 Å². The number of benzene rings is 2. The zero-order valence-electron chi connectivity index (χ0n) is 12.7. The van der Waals surface area contributed by atoms with Crippen LogP contribution in [-0.2, 0) is 16.4 Å². The van der Waals surface area contributed by atoms with Gasteiger partial charge in [-0.15, -0.1) is 0 Å². The van der Waals surface area contributed by atoms with Gasteiger partial charge >= 0.3 is 0 Å². The second-order valence-corrected chi connectivity index (χ2v) is 8.66. The van der Waals surface area contributed by atoms with Crippen LogP contribution in [-0.4, -0.2) is 8.42 Å². The highest BCUT2D eigenvalue weighted by molar-refractivity contribution is 14.1. The number of hydrogen-bond acceptors (Lipinski definition) is 2. The predicted octanol–water partition coefficient (Wildman–Crippen LogP) is 5.88. The van der Waals surface area contributed by atoms with Crippen molar-refractivity contribution in [3.05, 3.63) is 55.3 Å². The predicted molar refractivity (Wildman–Crippen MR) is 105 cm³/mol. The topological polar surface area (TPSA) is 46.2 Å². The number of hydrogen-bond donors (Lipinski definition) is 1. The summed E-state index contributed by atoms with van der Waals surface area (Å²) in [5.74, 6) is -0.518. The smallest absolute Gasteiger partial charge is 0.262 e. The van der Waals surface area contributed by atoms with Crippen LogP contribution in [0.25, 0.3) is 0 Å². The zero-order valence-corrected chi connectivity index (χ0v) is 17.2. The summed E-state index contributed by atoms with van der Waals surface area (Å²) >= 11 is 13.9. The molecule has 130 valence electrons. The molecule has 0 aliphatic heterocycles. The lowest BCUT2D eigenvalue weighted by Crippen LogP contribution is -2.16. The molecule has 0 aliphatic carbocycles. The highest BCUT2D eigenvalue weighted by Crippen LogP contribution is 2.34. The average molecular weight is 502 g/mol. The average Bonchev–Trinajstić information content (AvgIpc) is 2.54. The third-order valence-corrected chi connectivity index (χ3v) is 7.12. The number of anilines is 1. The first kappa shape index (κ1) is 19.8. The molecule has 24 heavy (non-hydrogen) atoms. The van der Waals surface area contributed by atoms with E-state index in [1.54, 1.807) is 0 Å².